The number of rotatable bonds is 9. The van der Waals surface area contributed by atoms with Crippen LogP contribution in [0.25, 0.3) is 0 Å². The fraction of sp³-hybridized carbons (Fsp3) is 0.156. The minimum absolute atomic E-state index is 0.0722. The van der Waals surface area contributed by atoms with E-state index in [2.05, 4.69) is 37.2 Å². The van der Waals surface area contributed by atoms with E-state index >= 15 is 0 Å². The van der Waals surface area contributed by atoms with Gasteiger partial charge in [-0.15, -0.1) is 0 Å². The summed E-state index contributed by atoms with van der Waals surface area (Å²) in [5.74, 6) is -0.149. The average molecular weight is 681 g/mol. The highest BCUT2D eigenvalue weighted by Crippen LogP contribution is 2.42. The van der Waals surface area contributed by atoms with Crippen LogP contribution in [0.4, 0.5) is 5.69 Å². The lowest BCUT2D eigenvalue weighted by atomic mass is 10.00. The molecule has 210 valence electrons. The molecule has 0 atom stereocenters. The Hall–Kier alpha value is -3.95. The molecule has 1 amide bonds. The second-order valence-corrected chi connectivity index (χ2v) is 11.0. The molecule has 9 heteroatoms. The number of nitrogens with one attached hydrogen (secondary N) is 1. The SMILES string of the molecule is COC(=O)Cc1cc(Br)c(Oc2cc(NC(=O)c3cccc(C)c3)c(OC)cc2C(=O)c2cccc(C)c2)c(Br)c1. The zero-order chi connectivity index (χ0) is 29.7. The maximum absolute atomic E-state index is 13.8. The Morgan fingerprint density at radius 2 is 1.39 bits per heavy atom. The van der Waals surface area contributed by atoms with Crippen molar-refractivity contribution < 1.29 is 28.6 Å². The van der Waals surface area contributed by atoms with Crippen LogP contribution in [0.15, 0.2) is 81.7 Å². The molecule has 0 aliphatic carbocycles. The topological polar surface area (TPSA) is 90.9 Å². The molecule has 4 rings (SSSR count). The molecular formula is C32H27Br2NO6. The van der Waals surface area contributed by atoms with E-state index in [0.717, 1.165) is 11.1 Å². The van der Waals surface area contributed by atoms with Gasteiger partial charge < -0.3 is 19.5 Å². The molecule has 0 saturated carbocycles. The van der Waals surface area contributed by atoms with Gasteiger partial charge in [0, 0.05) is 17.2 Å². The van der Waals surface area contributed by atoms with Crippen LogP contribution in [-0.2, 0) is 16.0 Å². The van der Waals surface area contributed by atoms with Gasteiger partial charge in [0.2, 0.25) is 0 Å². The number of benzene rings is 4. The molecule has 4 aromatic carbocycles. The van der Waals surface area contributed by atoms with E-state index in [-0.39, 0.29) is 35.4 Å². The number of aryl methyl sites for hydroxylation is 2. The summed E-state index contributed by atoms with van der Waals surface area (Å²) in [4.78, 5) is 38.7. The van der Waals surface area contributed by atoms with E-state index in [1.807, 2.05) is 32.0 Å². The summed E-state index contributed by atoms with van der Waals surface area (Å²) in [6.45, 7) is 3.81. The maximum atomic E-state index is 13.8. The number of hydrogen-bond donors (Lipinski definition) is 1. The lowest BCUT2D eigenvalue weighted by molar-refractivity contribution is -0.139. The molecule has 7 nitrogen and oxygen atoms in total. The summed E-state index contributed by atoms with van der Waals surface area (Å²) in [7, 11) is 2.79. The van der Waals surface area contributed by atoms with Crippen molar-refractivity contribution in [3.63, 3.8) is 0 Å². The molecular weight excluding hydrogens is 654 g/mol. The van der Waals surface area contributed by atoms with Crippen molar-refractivity contribution in [2.75, 3.05) is 19.5 Å². The number of halogens is 2. The van der Waals surface area contributed by atoms with Gasteiger partial charge in [-0.1, -0.05) is 41.5 Å². The van der Waals surface area contributed by atoms with Crippen LogP contribution >= 0.6 is 31.9 Å². The van der Waals surface area contributed by atoms with E-state index in [4.69, 9.17) is 14.2 Å². The van der Waals surface area contributed by atoms with Crippen molar-refractivity contribution >= 4 is 55.2 Å². The zero-order valence-corrected chi connectivity index (χ0v) is 26.0. The van der Waals surface area contributed by atoms with Gasteiger partial charge in [-0.05, 0) is 87.7 Å². The quantitative estimate of drug-likeness (QED) is 0.143. The van der Waals surface area contributed by atoms with Crippen molar-refractivity contribution in [2.45, 2.75) is 20.3 Å². The molecule has 41 heavy (non-hydrogen) atoms. The second-order valence-electron chi connectivity index (χ2n) is 9.31. The minimum Gasteiger partial charge on any atom is -0.495 e. The number of anilines is 1. The predicted octanol–water partition coefficient (Wildman–Crippen LogP) is 7.83. The summed E-state index contributed by atoms with van der Waals surface area (Å²) >= 11 is 7.04. The average Bonchev–Trinajstić information content (AvgIpc) is 2.94. The number of carbonyl (C=O) groups excluding carboxylic acids is 3. The normalized spacial score (nSPS) is 10.6. The molecule has 4 aromatic rings. The van der Waals surface area contributed by atoms with Crippen LogP contribution in [0.2, 0.25) is 0 Å². The molecule has 0 bridgehead atoms. The maximum Gasteiger partial charge on any atom is 0.309 e. The summed E-state index contributed by atoms with van der Waals surface area (Å²) in [6.07, 6.45) is 0.0722. The number of esters is 1. The lowest BCUT2D eigenvalue weighted by Crippen LogP contribution is -2.14. The van der Waals surface area contributed by atoms with E-state index in [0.29, 0.717) is 42.8 Å². The van der Waals surface area contributed by atoms with E-state index in [1.165, 1.54) is 14.2 Å². The molecule has 0 heterocycles. The predicted molar refractivity (Wildman–Crippen MR) is 164 cm³/mol. The molecule has 0 saturated heterocycles. The first-order chi connectivity index (χ1) is 19.6. The molecule has 0 unspecified atom stereocenters. The summed E-state index contributed by atoms with van der Waals surface area (Å²) in [5.41, 5.74) is 4.07. The highest BCUT2D eigenvalue weighted by molar-refractivity contribution is 9.11. The van der Waals surface area contributed by atoms with Gasteiger partial charge in [-0.25, -0.2) is 0 Å². The number of carbonyl (C=O) groups is 3. The first-order valence-corrected chi connectivity index (χ1v) is 14.1. The summed E-state index contributed by atoms with van der Waals surface area (Å²) in [5, 5.41) is 2.88. The van der Waals surface area contributed by atoms with Crippen LogP contribution < -0.4 is 14.8 Å². The Balaban J connectivity index is 1.81. The third-order valence-corrected chi connectivity index (χ3v) is 7.38. The van der Waals surface area contributed by atoms with Gasteiger partial charge in [0.25, 0.3) is 5.91 Å². The highest BCUT2D eigenvalue weighted by atomic mass is 79.9. The summed E-state index contributed by atoms with van der Waals surface area (Å²) < 4.78 is 17.8. The van der Waals surface area contributed by atoms with Gasteiger partial charge in [-0.3, -0.25) is 14.4 Å². The van der Waals surface area contributed by atoms with E-state index in [1.54, 1.807) is 54.6 Å². The smallest absolute Gasteiger partial charge is 0.309 e. The Bertz CT molecular complexity index is 1630. The highest BCUT2D eigenvalue weighted by Gasteiger charge is 2.23. The summed E-state index contributed by atoms with van der Waals surface area (Å²) in [6, 6.07) is 21.0. The standard InChI is InChI=1S/C32H27Br2NO6/c1-18-7-5-9-21(11-18)30(37)23-16-28(39-3)26(35-32(38)22-10-6-8-19(2)12-22)17-27(23)41-31-24(33)13-20(14-25(31)34)15-29(36)40-4/h5-14,16-17H,15H2,1-4H3,(H,35,38). The van der Waals surface area contributed by atoms with Gasteiger partial charge in [-0.2, -0.15) is 0 Å². The van der Waals surface area contributed by atoms with Crippen molar-refractivity contribution in [2.24, 2.45) is 0 Å². The number of hydrogen-bond acceptors (Lipinski definition) is 6. The number of ketones is 1. The Morgan fingerprint density at radius 3 is 1.98 bits per heavy atom. The van der Waals surface area contributed by atoms with Gasteiger partial charge in [0.15, 0.2) is 11.5 Å². The second kappa shape index (κ2) is 13.1. The third-order valence-electron chi connectivity index (χ3n) is 6.20. The molecule has 0 spiro atoms. The van der Waals surface area contributed by atoms with Gasteiger partial charge in [0.05, 0.1) is 40.8 Å². The Labute approximate surface area is 255 Å². The van der Waals surface area contributed by atoms with Crippen molar-refractivity contribution in [3.8, 4) is 17.2 Å². The monoisotopic (exact) mass is 679 g/mol. The van der Waals surface area contributed by atoms with Crippen LogP contribution in [0, 0.1) is 13.8 Å². The molecule has 0 aliphatic rings. The fourth-order valence-electron chi connectivity index (χ4n) is 4.17. The van der Waals surface area contributed by atoms with Crippen LogP contribution in [0.3, 0.4) is 0 Å². The van der Waals surface area contributed by atoms with Gasteiger partial charge >= 0.3 is 5.97 Å². The van der Waals surface area contributed by atoms with Gasteiger partial charge in [0.1, 0.15) is 11.5 Å². The third kappa shape index (κ3) is 7.23. The Kier molecular flexibility index (Phi) is 9.62. The largest absolute Gasteiger partial charge is 0.495 e. The molecule has 0 radical (unpaired) electrons. The van der Waals surface area contributed by atoms with Crippen molar-refractivity contribution in [1.29, 1.82) is 0 Å². The Morgan fingerprint density at radius 1 is 0.780 bits per heavy atom. The number of amides is 1. The molecule has 0 aromatic heterocycles. The van der Waals surface area contributed by atoms with E-state index < -0.39 is 0 Å². The zero-order valence-electron chi connectivity index (χ0n) is 22.8. The van der Waals surface area contributed by atoms with Crippen LogP contribution in [0.5, 0.6) is 17.2 Å². The van der Waals surface area contributed by atoms with Crippen LogP contribution in [0.1, 0.15) is 43.0 Å². The molecule has 0 fully saturated rings. The first kappa shape index (κ1) is 30.0. The van der Waals surface area contributed by atoms with Crippen LogP contribution in [-0.4, -0.2) is 31.9 Å². The molecule has 1 N–H and O–H groups in total. The number of ether oxygens (including phenoxy) is 3. The van der Waals surface area contributed by atoms with E-state index in [9.17, 15) is 14.4 Å². The minimum atomic E-state index is -0.382. The lowest BCUT2D eigenvalue weighted by Gasteiger charge is -2.18. The van der Waals surface area contributed by atoms with Crippen molar-refractivity contribution in [1.82, 2.24) is 0 Å². The first-order valence-electron chi connectivity index (χ1n) is 12.5. The number of methoxy groups -OCH3 is 2. The molecule has 0 aliphatic heterocycles. The fourth-order valence-corrected chi connectivity index (χ4v) is 5.61. The van der Waals surface area contributed by atoms with Crippen molar-refractivity contribution in [3.05, 3.63) is 115 Å².